The Balaban J connectivity index is 2.27. The molecule has 2 aromatic rings. The van der Waals surface area contributed by atoms with Crippen molar-refractivity contribution in [3.63, 3.8) is 0 Å². The van der Waals surface area contributed by atoms with Crippen LogP contribution in [0.4, 0.5) is 5.82 Å². The van der Waals surface area contributed by atoms with Crippen molar-refractivity contribution in [2.24, 2.45) is 7.05 Å². The fourth-order valence-electron chi connectivity index (χ4n) is 1.23. The molecule has 0 atom stereocenters. The van der Waals surface area contributed by atoms with Gasteiger partial charge in [0.25, 0.3) is 10.0 Å². The van der Waals surface area contributed by atoms with E-state index in [0.29, 0.717) is 0 Å². The Bertz CT molecular complexity index is 686. The van der Waals surface area contributed by atoms with Gasteiger partial charge in [0.15, 0.2) is 5.82 Å². The Morgan fingerprint density at radius 1 is 1.56 bits per heavy atom. The second-order valence-electron chi connectivity index (χ2n) is 3.44. The number of rotatable bonds is 4. The van der Waals surface area contributed by atoms with Gasteiger partial charge in [0.2, 0.25) is 0 Å². The van der Waals surface area contributed by atoms with E-state index in [-0.39, 0.29) is 15.6 Å². The smallest absolute Gasteiger partial charge is 0.336 e. The van der Waals surface area contributed by atoms with Crippen LogP contribution >= 0.6 is 11.3 Å². The van der Waals surface area contributed by atoms with E-state index in [1.165, 1.54) is 16.1 Å². The lowest BCUT2D eigenvalue weighted by Gasteiger charge is -2.01. The number of aryl methyl sites for hydroxylation is 1. The average Bonchev–Trinajstić information content (AvgIpc) is 2.86. The molecule has 0 aliphatic carbocycles. The molecule has 7 nitrogen and oxygen atoms in total. The predicted octanol–water partition coefficient (Wildman–Crippen LogP) is 0.981. The molecule has 0 bridgehead atoms. The largest absolute Gasteiger partial charge is 0.478 e. The minimum Gasteiger partial charge on any atom is -0.478 e. The number of carboxylic acid groups (broad SMARTS) is 1. The summed E-state index contributed by atoms with van der Waals surface area (Å²) in [5.41, 5.74) is -0.0543. The van der Waals surface area contributed by atoms with E-state index in [9.17, 15) is 13.2 Å². The van der Waals surface area contributed by atoms with Gasteiger partial charge in [-0.1, -0.05) is 0 Å². The van der Waals surface area contributed by atoms with E-state index in [0.717, 1.165) is 17.4 Å². The third-order valence-electron chi connectivity index (χ3n) is 2.04. The third-order valence-corrected chi connectivity index (χ3v) is 4.83. The molecule has 0 unspecified atom stereocenters. The van der Waals surface area contributed by atoms with Crippen LogP contribution in [0.2, 0.25) is 0 Å². The number of sulfonamides is 1. The number of carbonyl (C=O) groups is 1. The van der Waals surface area contributed by atoms with Crippen molar-refractivity contribution in [3.8, 4) is 0 Å². The molecule has 0 spiro atoms. The van der Waals surface area contributed by atoms with E-state index in [1.807, 2.05) is 0 Å². The Morgan fingerprint density at radius 3 is 2.78 bits per heavy atom. The van der Waals surface area contributed by atoms with Gasteiger partial charge >= 0.3 is 5.97 Å². The summed E-state index contributed by atoms with van der Waals surface area (Å²) in [6.07, 6.45) is 1.59. The number of nitrogens with zero attached hydrogens (tertiary/aromatic N) is 2. The summed E-state index contributed by atoms with van der Waals surface area (Å²) in [5.74, 6) is -0.978. The summed E-state index contributed by atoms with van der Waals surface area (Å²) in [5, 5.41) is 13.9. The van der Waals surface area contributed by atoms with Gasteiger partial charge in [0.1, 0.15) is 4.21 Å². The van der Waals surface area contributed by atoms with Crippen molar-refractivity contribution >= 4 is 33.1 Å². The zero-order valence-corrected chi connectivity index (χ0v) is 10.8. The quantitative estimate of drug-likeness (QED) is 0.873. The molecule has 9 heteroatoms. The number of thiophene rings is 1. The maximum atomic E-state index is 11.9. The van der Waals surface area contributed by atoms with Crippen molar-refractivity contribution in [3.05, 3.63) is 29.3 Å². The van der Waals surface area contributed by atoms with Gasteiger partial charge < -0.3 is 5.11 Å². The molecule has 0 saturated carbocycles. The van der Waals surface area contributed by atoms with Gasteiger partial charge in [-0.15, -0.1) is 11.3 Å². The minimum atomic E-state index is -3.78. The highest BCUT2D eigenvalue weighted by molar-refractivity contribution is 7.94. The lowest BCUT2D eigenvalue weighted by molar-refractivity contribution is 0.0697. The summed E-state index contributed by atoms with van der Waals surface area (Å²) in [7, 11) is -2.13. The van der Waals surface area contributed by atoms with Gasteiger partial charge in [-0.3, -0.25) is 9.40 Å². The van der Waals surface area contributed by atoms with Crippen LogP contribution in [0.5, 0.6) is 0 Å². The fraction of sp³-hybridized carbons (Fsp3) is 0.111. The molecule has 0 amide bonds. The molecule has 0 radical (unpaired) electrons. The SMILES string of the molecule is Cn1ccc(NS(=O)(=O)c2cc(C(=O)O)cs2)n1. The zero-order valence-electron chi connectivity index (χ0n) is 9.19. The number of aromatic nitrogens is 2. The molecule has 2 heterocycles. The molecular formula is C9H9N3O4S2. The van der Waals surface area contributed by atoms with Crippen molar-refractivity contribution in [1.82, 2.24) is 9.78 Å². The van der Waals surface area contributed by atoms with Gasteiger partial charge in [0, 0.05) is 24.7 Å². The van der Waals surface area contributed by atoms with E-state index in [4.69, 9.17) is 5.11 Å². The maximum Gasteiger partial charge on any atom is 0.336 e. The number of nitrogens with one attached hydrogen (secondary N) is 1. The first-order valence-electron chi connectivity index (χ1n) is 4.73. The molecule has 0 fully saturated rings. The monoisotopic (exact) mass is 287 g/mol. The van der Waals surface area contributed by atoms with Gasteiger partial charge in [-0.2, -0.15) is 5.10 Å². The van der Waals surface area contributed by atoms with Crippen molar-refractivity contribution in [1.29, 1.82) is 0 Å². The molecule has 2 rings (SSSR count). The van der Waals surface area contributed by atoms with Crippen molar-refractivity contribution in [2.75, 3.05) is 4.72 Å². The molecule has 18 heavy (non-hydrogen) atoms. The second kappa shape index (κ2) is 4.42. The van der Waals surface area contributed by atoms with Crippen LogP contribution in [0.1, 0.15) is 10.4 Å². The van der Waals surface area contributed by atoms with Crippen LogP contribution < -0.4 is 4.72 Å². The maximum absolute atomic E-state index is 11.9. The predicted molar refractivity (Wildman–Crippen MR) is 65.3 cm³/mol. The first-order chi connectivity index (χ1) is 8.38. The van der Waals surface area contributed by atoms with Gasteiger partial charge in [-0.25, -0.2) is 13.2 Å². The summed E-state index contributed by atoms with van der Waals surface area (Å²) < 4.78 is 27.5. The topological polar surface area (TPSA) is 101 Å². The highest BCUT2D eigenvalue weighted by Crippen LogP contribution is 2.22. The molecule has 0 saturated heterocycles. The van der Waals surface area contributed by atoms with Crippen LogP contribution in [-0.4, -0.2) is 29.3 Å². The number of hydrogen-bond donors (Lipinski definition) is 2. The summed E-state index contributed by atoms with van der Waals surface area (Å²) >= 11 is 0.845. The standard InChI is InChI=1S/C9H9N3O4S2/c1-12-3-2-7(10-12)11-18(15,16)8-4-6(5-17-8)9(13)14/h2-5H,1H3,(H,10,11)(H,13,14). The Hall–Kier alpha value is -1.87. The normalized spacial score (nSPS) is 11.4. The zero-order chi connectivity index (χ0) is 13.3. The molecule has 0 aliphatic rings. The van der Waals surface area contributed by atoms with Gasteiger partial charge in [0.05, 0.1) is 5.56 Å². The van der Waals surface area contributed by atoms with E-state index in [1.54, 1.807) is 13.2 Å². The summed E-state index contributed by atoms with van der Waals surface area (Å²) in [6, 6.07) is 2.61. The first kappa shape index (κ1) is 12.6. The lowest BCUT2D eigenvalue weighted by Crippen LogP contribution is -2.12. The first-order valence-corrected chi connectivity index (χ1v) is 7.09. The van der Waals surface area contributed by atoms with E-state index < -0.39 is 16.0 Å². The number of aromatic carboxylic acids is 1. The van der Waals surface area contributed by atoms with Crippen molar-refractivity contribution < 1.29 is 18.3 Å². The second-order valence-corrected chi connectivity index (χ2v) is 6.26. The van der Waals surface area contributed by atoms with Crippen molar-refractivity contribution in [2.45, 2.75) is 4.21 Å². The van der Waals surface area contributed by atoms with Crippen LogP contribution in [0, 0.1) is 0 Å². The third kappa shape index (κ3) is 2.51. The molecule has 96 valence electrons. The average molecular weight is 287 g/mol. The molecule has 0 aromatic carbocycles. The van der Waals surface area contributed by atoms with Crippen LogP contribution in [0.3, 0.4) is 0 Å². The minimum absolute atomic E-state index is 0.0543. The van der Waals surface area contributed by atoms with E-state index >= 15 is 0 Å². The number of anilines is 1. The van der Waals surface area contributed by atoms with E-state index in [2.05, 4.69) is 9.82 Å². The molecule has 2 aromatic heterocycles. The molecule has 2 N–H and O–H groups in total. The van der Waals surface area contributed by atoms with Crippen LogP contribution in [-0.2, 0) is 17.1 Å². The number of hydrogen-bond acceptors (Lipinski definition) is 5. The lowest BCUT2D eigenvalue weighted by atomic mass is 10.4. The molecular weight excluding hydrogens is 278 g/mol. The van der Waals surface area contributed by atoms with Gasteiger partial charge in [-0.05, 0) is 6.07 Å². The summed E-state index contributed by atoms with van der Waals surface area (Å²) in [4.78, 5) is 10.7. The highest BCUT2D eigenvalue weighted by atomic mass is 32.2. The number of carboxylic acids is 1. The molecule has 0 aliphatic heterocycles. The van der Waals surface area contributed by atoms with Crippen LogP contribution in [0.25, 0.3) is 0 Å². The Morgan fingerprint density at radius 2 is 2.28 bits per heavy atom. The highest BCUT2D eigenvalue weighted by Gasteiger charge is 2.19. The Labute approximate surface area is 107 Å². The summed E-state index contributed by atoms with van der Waals surface area (Å²) in [6.45, 7) is 0. The Kier molecular flexibility index (Phi) is 3.09. The van der Waals surface area contributed by atoms with Crippen LogP contribution in [0.15, 0.2) is 27.9 Å². The fourth-order valence-corrected chi connectivity index (χ4v) is 3.38.